The van der Waals surface area contributed by atoms with Crippen molar-refractivity contribution in [3.8, 4) is 11.5 Å². The lowest BCUT2D eigenvalue weighted by atomic mass is 10.2. The Kier molecular flexibility index (Phi) is 5.68. The first-order valence-electron chi connectivity index (χ1n) is 8.29. The van der Waals surface area contributed by atoms with Gasteiger partial charge in [0.2, 0.25) is 6.79 Å². The van der Waals surface area contributed by atoms with Crippen LogP contribution in [0.5, 0.6) is 11.5 Å². The van der Waals surface area contributed by atoms with Gasteiger partial charge in [-0.3, -0.25) is 4.79 Å². The largest absolute Gasteiger partial charge is 0.454 e. The summed E-state index contributed by atoms with van der Waals surface area (Å²) >= 11 is 6.09. The minimum absolute atomic E-state index is 0.0333. The minimum atomic E-state index is -0.610. The summed E-state index contributed by atoms with van der Waals surface area (Å²) in [6.07, 6.45) is 2.72. The fraction of sp³-hybridized carbons (Fsp3) is 0.444. The van der Waals surface area contributed by atoms with Crippen molar-refractivity contribution in [3.05, 3.63) is 28.8 Å². The topological polar surface area (TPSA) is 74.3 Å². The lowest BCUT2D eigenvalue weighted by molar-refractivity contribution is -0.154. The highest BCUT2D eigenvalue weighted by atomic mass is 35.5. The second kappa shape index (κ2) is 7.97. The average Bonchev–Trinajstić information content (AvgIpc) is 3.06. The summed E-state index contributed by atoms with van der Waals surface area (Å²) in [6.45, 7) is 4.61. The fourth-order valence-electron chi connectivity index (χ4n) is 2.90. The number of fused-ring (bicyclic) bond motifs is 1. The second-order valence-electron chi connectivity index (χ2n) is 6.23. The number of ether oxygens (including phenoxy) is 4. The van der Waals surface area contributed by atoms with Crippen molar-refractivity contribution in [3.63, 3.8) is 0 Å². The standard InChI is InChI=1S/C18H20ClNO6/c1-11-7-20(8-12(2)26-11)16(21)9-23-17(22)4-3-13-5-14(19)18-15(6-13)24-10-25-18/h3-6,11-12H,7-10H2,1-2H3/b4-3+/t11-,12-/m1/s1. The van der Waals surface area contributed by atoms with Gasteiger partial charge in [0.15, 0.2) is 18.1 Å². The van der Waals surface area contributed by atoms with Crippen LogP contribution in [0.4, 0.5) is 0 Å². The summed E-state index contributed by atoms with van der Waals surface area (Å²) in [4.78, 5) is 25.7. The van der Waals surface area contributed by atoms with Gasteiger partial charge in [0.1, 0.15) is 0 Å². The predicted octanol–water partition coefficient (Wildman–Crippen LogP) is 2.26. The lowest BCUT2D eigenvalue weighted by Gasteiger charge is -2.35. The highest BCUT2D eigenvalue weighted by Crippen LogP contribution is 2.40. The summed E-state index contributed by atoms with van der Waals surface area (Å²) in [5.74, 6) is 0.170. The van der Waals surface area contributed by atoms with E-state index in [9.17, 15) is 9.59 Å². The van der Waals surface area contributed by atoms with Crippen LogP contribution in [0.2, 0.25) is 5.02 Å². The molecule has 140 valence electrons. The smallest absolute Gasteiger partial charge is 0.331 e. The van der Waals surface area contributed by atoms with Gasteiger partial charge in [-0.15, -0.1) is 0 Å². The number of morpholine rings is 1. The van der Waals surface area contributed by atoms with Gasteiger partial charge < -0.3 is 23.8 Å². The monoisotopic (exact) mass is 381 g/mol. The van der Waals surface area contributed by atoms with Gasteiger partial charge in [0, 0.05) is 19.2 Å². The van der Waals surface area contributed by atoms with Gasteiger partial charge in [-0.05, 0) is 37.6 Å². The molecule has 0 saturated carbocycles. The Labute approximate surface area is 156 Å². The number of benzene rings is 1. The first kappa shape index (κ1) is 18.5. The molecular formula is C18H20ClNO6. The molecule has 0 bridgehead atoms. The number of nitrogens with zero attached hydrogens (tertiary/aromatic N) is 1. The number of halogens is 1. The first-order chi connectivity index (χ1) is 12.4. The molecule has 2 aliphatic rings. The molecule has 8 heteroatoms. The molecule has 2 atom stereocenters. The molecule has 3 rings (SSSR count). The molecule has 0 N–H and O–H groups in total. The van der Waals surface area contributed by atoms with Crippen LogP contribution in [-0.4, -0.2) is 55.5 Å². The lowest BCUT2D eigenvalue weighted by Crippen LogP contribution is -2.49. The van der Waals surface area contributed by atoms with E-state index in [1.807, 2.05) is 13.8 Å². The number of esters is 1. The van der Waals surface area contributed by atoms with E-state index in [0.29, 0.717) is 35.2 Å². The van der Waals surface area contributed by atoms with E-state index in [0.717, 1.165) is 0 Å². The molecule has 0 aliphatic carbocycles. The third kappa shape index (κ3) is 4.47. The number of carbonyl (C=O) groups is 2. The molecule has 1 fully saturated rings. The Morgan fingerprint density at radius 2 is 2.00 bits per heavy atom. The zero-order valence-corrected chi connectivity index (χ0v) is 15.3. The van der Waals surface area contributed by atoms with Gasteiger partial charge in [0.25, 0.3) is 5.91 Å². The van der Waals surface area contributed by atoms with E-state index in [1.54, 1.807) is 23.1 Å². The SMILES string of the molecule is C[C@@H]1CN(C(=O)COC(=O)/C=C/c2cc(Cl)c3c(c2)OCO3)C[C@@H](C)O1. The van der Waals surface area contributed by atoms with Gasteiger partial charge in [-0.25, -0.2) is 4.79 Å². The van der Waals surface area contributed by atoms with Gasteiger partial charge in [-0.1, -0.05) is 11.6 Å². The van der Waals surface area contributed by atoms with E-state index in [2.05, 4.69) is 0 Å². The van der Waals surface area contributed by atoms with Crippen LogP contribution in [0, 0.1) is 0 Å². The Bertz CT molecular complexity index is 725. The molecule has 0 radical (unpaired) electrons. The molecule has 1 aromatic rings. The van der Waals surface area contributed by atoms with Crippen molar-refractivity contribution < 1.29 is 28.5 Å². The van der Waals surface area contributed by atoms with Crippen LogP contribution in [0.25, 0.3) is 6.08 Å². The summed E-state index contributed by atoms with van der Waals surface area (Å²) < 4.78 is 21.1. The van der Waals surface area contributed by atoms with Crippen molar-refractivity contribution in [2.45, 2.75) is 26.1 Å². The fourth-order valence-corrected chi connectivity index (χ4v) is 3.18. The highest BCUT2D eigenvalue weighted by molar-refractivity contribution is 6.32. The summed E-state index contributed by atoms with van der Waals surface area (Å²) in [5.41, 5.74) is 0.665. The molecule has 1 amide bonds. The Balaban J connectivity index is 1.52. The maximum absolute atomic E-state index is 12.2. The van der Waals surface area contributed by atoms with Crippen molar-refractivity contribution in [2.24, 2.45) is 0 Å². The summed E-state index contributed by atoms with van der Waals surface area (Å²) in [7, 11) is 0. The highest BCUT2D eigenvalue weighted by Gasteiger charge is 2.26. The van der Waals surface area contributed by atoms with E-state index in [1.165, 1.54) is 6.08 Å². The van der Waals surface area contributed by atoms with Crippen LogP contribution >= 0.6 is 11.6 Å². The molecule has 2 aliphatic heterocycles. The van der Waals surface area contributed by atoms with Gasteiger partial charge >= 0.3 is 5.97 Å². The van der Waals surface area contributed by atoms with Crippen LogP contribution < -0.4 is 9.47 Å². The number of hydrogen-bond donors (Lipinski definition) is 0. The van der Waals surface area contributed by atoms with Crippen LogP contribution in [-0.2, 0) is 19.1 Å². The third-order valence-corrected chi connectivity index (χ3v) is 4.25. The Morgan fingerprint density at radius 3 is 2.73 bits per heavy atom. The summed E-state index contributed by atoms with van der Waals surface area (Å²) in [6, 6.07) is 3.36. The Hall–Kier alpha value is -2.25. The normalized spacial score (nSPS) is 21.9. The third-order valence-electron chi connectivity index (χ3n) is 3.97. The molecule has 7 nitrogen and oxygen atoms in total. The molecule has 0 spiro atoms. The minimum Gasteiger partial charge on any atom is -0.454 e. The van der Waals surface area contributed by atoms with Gasteiger partial charge in [0.05, 0.1) is 17.2 Å². The molecule has 1 saturated heterocycles. The number of hydrogen-bond acceptors (Lipinski definition) is 6. The number of amides is 1. The molecule has 1 aromatic carbocycles. The zero-order valence-electron chi connectivity index (χ0n) is 14.6. The maximum atomic E-state index is 12.2. The van der Waals surface area contributed by atoms with E-state index in [4.69, 9.17) is 30.5 Å². The first-order valence-corrected chi connectivity index (χ1v) is 8.67. The predicted molar refractivity (Wildman–Crippen MR) is 94.2 cm³/mol. The van der Waals surface area contributed by atoms with Crippen LogP contribution in [0.15, 0.2) is 18.2 Å². The average molecular weight is 382 g/mol. The van der Waals surface area contributed by atoms with Gasteiger partial charge in [-0.2, -0.15) is 0 Å². The molecule has 0 unspecified atom stereocenters. The molecule has 2 heterocycles. The van der Waals surface area contributed by atoms with Crippen molar-refractivity contribution in [1.82, 2.24) is 4.90 Å². The molecule has 0 aromatic heterocycles. The van der Waals surface area contributed by atoms with E-state index < -0.39 is 5.97 Å². The second-order valence-corrected chi connectivity index (χ2v) is 6.64. The molecule has 26 heavy (non-hydrogen) atoms. The number of rotatable bonds is 4. The quantitative estimate of drug-likeness (QED) is 0.588. The van der Waals surface area contributed by atoms with Crippen molar-refractivity contribution >= 4 is 29.6 Å². The van der Waals surface area contributed by atoms with Crippen LogP contribution in [0.1, 0.15) is 19.4 Å². The van der Waals surface area contributed by atoms with Crippen molar-refractivity contribution in [1.29, 1.82) is 0 Å². The van der Waals surface area contributed by atoms with Crippen molar-refractivity contribution in [2.75, 3.05) is 26.5 Å². The van der Waals surface area contributed by atoms with Crippen LogP contribution in [0.3, 0.4) is 0 Å². The molecular weight excluding hydrogens is 362 g/mol. The number of carbonyl (C=O) groups excluding carboxylic acids is 2. The maximum Gasteiger partial charge on any atom is 0.331 e. The zero-order chi connectivity index (χ0) is 18.7. The summed E-state index contributed by atoms with van der Waals surface area (Å²) in [5, 5.41) is 0.402. The Morgan fingerprint density at radius 1 is 1.27 bits per heavy atom. The van der Waals surface area contributed by atoms with E-state index in [-0.39, 0.29) is 31.5 Å². The van der Waals surface area contributed by atoms with E-state index >= 15 is 0 Å².